The number of benzene rings is 2. The Morgan fingerprint density at radius 1 is 1.21 bits per heavy atom. The van der Waals surface area contributed by atoms with Crippen LogP contribution in [0.5, 0.6) is 0 Å². The van der Waals surface area contributed by atoms with Gasteiger partial charge in [0.2, 0.25) is 0 Å². The zero-order valence-corrected chi connectivity index (χ0v) is 12.7. The molecule has 0 atom stereocenters. The van der Waals surface area contributed by atoms with Crippen molar-refractivity contribution in [1.29, 1.82) is 0 Å². The monoisotopic (exact) mass is 334 g/mol. The minimum Gasteiger partial charge on any atom is -0.294 e. The Labute approximate surface area is 125 Å². The highest BCUT2D eigenvalue weighted by Gasteiger charge is 2.13. The summed E-state index contributed by atoms with van der Waals surface area (Å²) in [6.45, 7) is 2.07. The predicted octanol–water partition coefficient (Wildman–Crippen LogP) is 4.84. The van der Waals surface area contributed by atoms with Crippen LogP contribution in [-0.4, -0.2) is 9.55 Å². The SMILES string of the molecule is Cc1ccc(-n2c(CCl)nc3ccccc32)c(Br)c1. The molecule has 0 fully saturated rings. The predicted molar refractivity (Wildman–Crippen MR) is 83.1 cm³/mol. The topological polar surface area (TPSA) is 17.8 Å². The van der Waals surface area contributed by atoms with E-state index in [1.807, 2.05) is 18.2 Å². The molecule has 0 aliphatic rings. The number of nitrogens with zero attached hydrogens (tertiary/aromatic N) is 2. The van der Waals surface area contributed by atoms with Crippen LogP contribution in [0.2, 0.25) is 0 Å². The molecule has 0 N–H and O–H groups in total. The van der Waals surface area contributed by atoms with E-state index in [-0.39, 0.29) is 0 Å². The number of hydrogen-bond acceptors (Lipinski definition) is 1. The quantitative estimate of drug-likeness (QED) is 0.613. The van der Waals surface area contributed by atoms with Crippen LogP contribution in [0.3, 0.4) is 0 Å². The highest BCUT2D eigenvalue weighted by atomic mass is 79.9. The van der Waals surface area contributed by atoms with Crippen molar-refractivity contribution in [3.05, 3.63) is 58.3 Å². The van der Waals surface area contributed by atoms with E-state index >= 15 is 0 Å². The number of alkyl halides is 1. The van der Waals surface area contributed by atoms with Crippen LogP contribution in [0.4, 0.5) is 0 Å². The summed E-state index contributed by atoms with van der Waals surface area (Å²) in [7, 11) is 0. The molecule has 0 saturated carbocycles. The molecule has 1 heterocycles. The molecular weight excluding hydrogens is 324 g/mol. The van der Waals surface area contributed by atoms with Gasteiger partial charge >= 0.3 is 0 Å². The van der Waals surface area contributed by atoms with Gasteiger partial charge in [-0.05, 0) is 52.7 Å². The molecule has 0 unspecified atom stereocenters. The van der Waals surface area contributed by atoms with Gasteiger partial charge in [-0.3, -0.25) is 4.57 Å². The number of para-hydroxylation sites is 2. The van der Waals surface area contributed by atoms with E-state index in [4.69, 9.17) is 11.6 Å². The molecule has 2 aromatic carbocycles. The Kier molecular flexibility index (Phi) is 3.33. The number of imidazole rings is 1. The molecule has 0 bridgehead atoms. The molecule has 2 nitrogen and oxygen atoms in total. The third kappa shape index (κ3) is 2.17. The second-order valence-electron chi connectivity index (χ2n) is 4.44. The van der Waals surface area contributed by atoms with Crippen LogP contribution in [0, 0.1) is 6.92 Å². The van der Waals surface area contributed by atoms with E-state index in [0.717, 1.165) is 27.0 Å². The first-order valence-electron chi connectivity index (χ1n) is 5.99. The molecule has 0 radical (unpaired) electrons. The van der Waals surface area contributed by atoms with Gasteiger partial charge in [-0.2, -0.15) is 0 Å². The van der Waals surface area contributed by atoms with Crippen molar-refractivity contribution >= 4 is 38.6 Å². The van der Waals surface area contributed by atoms with Crippen molar-refractivity contribution in [3.8, 4) is 5.69 Å². The van der Waals surface area contributed by atoms with Gasteiger partial charge in [-0.1, -0.05) is 18.2 Å². The second kappa shape index (κ2) is 4.99. The third-order valence-electron chi connectivity index (χ3n) is 3.09. The highest BCUT2D eigenvalue weighted by Crippen LogP contribution is 2.28. The van der Waals surface area contributed by atoms with E-state index in [9.17, 15) is 0 Å². The summed E-state index contributed by atoms with van der Waals surface area (Å²) in [5.74, 6) is 1.24. The molecule has 96 valence electrons. The Bertz CT molecular complexity index is 749. The van der Waals surface area contributed by atoms with Crippen molar-refractivity contribution in [1.82, 2.24) is 9.55 Å². The standard InChI is InChI=1S/C15H12BrClN2/c1-10-6-7-13(11(16)8-10)19-14-5-3-2-4-12(14)18-15(19)9-17/h2-8H,9H2,1H3. The number of rotatable bonds is 2. The van der Waals surface area contributed by atoms with E-state index in [1.54, 1.807) is 0 Å². The summed E-state index contributed by atoms with van der Waals surface area (Å²) in [5.41, 5.74) is 4.32. The van der Waals surface area contributed by atoms with Gasteiger partial charge in [0.15, 0.2) is 0 Å². The van der Waals surface area contributed by atoms with Crippen molar-refractivity contribution in [3.63, 3.8) is 0 Å². The summed E-state index contributed by atoms with van der Waals surface area (Å²) < 4.78 is 3.15. The van der Waals surface area contributed by atoms with E-state index in [1.165, 1.54) is 5.56 Å². The molecule has 4 heteroatoms. The zero-order chi connectivity index (χ0) is 13.4. The zero-order valence-electron chi connectivity index (χ0n) is 10.4. The first-order chi connectivity index (χ1) is 9.20. The van der Waals surface area contributed by atoms with Crippen molar-refractivity contribution in [2.24, 2.45) is 0 Å². The van der Waals surface area contributed by atoms with Crippen LogP contribution in [-0.2, 0) is 5.88 Å². The fourth-order valence-electron chi connectivity index (χ4n) is 2.23. The number of halogens is 2. The second-order valence-corrected chi connectivity index (χ2v) is 5.56. The Hall–Kier alpha value is -1.32. The Balaban J connectivity index is 2.34. The first-order valence-corrected chi connectivity index (χ1v) is 7.32. The molecule has 1 aromatic heterocycles. The smallest absolute Gasteiger partial charge is 0.129 e. The van der Waals surface area contributed by atoms with Crippen molar-refractivity contribution in [2.75, 3.05) is 0 Å². The maximum Gasteiger partial charge on any atom is 0.129 e. The van der Waals surface area contributed by atoms with Gasteiger partial charge < -0.3 is 0 Å². The molecule has 3 aromatic rings. The molecule has 0 aliphatic carbocycles. The normalized spacial score (nSPS) is 11.1. The maximum atomic E-state index is 6.04. The van der Waals surface area contributed by atoms with Crippen LogP contribution < -0.4 is 0 Å². The van der Waals surface area contributed by atoms with Gasteiger partial charge in [0, 0.05) is 4.47 Å². The molecule has 0 spiro atoms. The molecule has 3 rings (SSSR count). The average molecular weight is 336 g/mol. The first kappa shape index (κ1) is 12.7. The van der Waals surface area contributed by atoms with Crippen LogP contribution >= 0.6 is 27.5 Å². The number of aromatic nitrogens is 2. The Morgan fingerprint density at radius 3 is 2.74 bits per heavy atom. The molecule has 0 aliphatic heterocycles. The number of fused-ring (bicyclic) bond motifs is 1. The molecule has 0 saturated heterocycles. The van der Waals surface area contributed by atoms with Crippen molar-refractivity contribution < 1.29 is 0 Å². The minimum atomic E-state index is 0.384. The highest BCUT2D eigenvalue weighted by molar-refractivity contribution is 9.10. The number of aryl methyl sites for hydroxylation is 1. The summed E-state index contributed by atoms with van der Waals surface area (Å²) in [6, 6.07) is 14.3. The maximum absolute atomic E-state index is 6.04. The summed E-state index contributed by atoms with van der Waals surface area (Å²) >= 11 is 9.66. The molecule has 0 amide bonds. The lowest BCUT2D eigenvalue weighted by atomic mass is 10.2. The molecular formula is C15H12BrClN2. The van der Waals surface area contributed by atoms with Crippen LogP contribution in [0.25, 0.3) is 16.7 Å². The Morgan fingerprint density at radius 2 is 2.00 bits per heavy atom. The van der Waals surface area contributed by atoms with Gasteiger partial charge in [-0.25, -0.2) is 4.98 Å². The average Bonchev–Trinajstić information content (AvgIpc) is 2.77. The van der Waals surface area contributed by atoms with Gasteiger partial charge in [0.25, 0.3) is 0 Å². The van der Waals surface area contributed by atoms with Crippen LogP contribution in [0.15, 0.2) is 46.9 Å². The lowest BCUT2D eigenvalue weighted by Crippen LogP contribution is -2.00. The van der Waals surface area contributed by atoms with E-state index < -0.39 is 0 Å². The van der Waals surface area contributed by atoms with E-state index in [0.29, 0.717) is 5.88 Å². The summed E-state index contributed by atoms with van der Waals surface area (Å²) in [5, 5.41) is 0. The lowest BCUT2D eigenvalue weighted by molar-refractivity contribution is 0.976. The van der Waals surface area contributed by atoms with Crippen LogP contribution in [0.1, 0.15) is 11.4 Å². The summed E-state index contributed by atoms with van der Waals surface area (Å²) in [4.78, 5) is 4.58. The molecule has 19 heavy (non-hydrogen) atoms. The number of hydrogen-bond donors (Lipinski definition) is 0. The fraction of sp³-hybridized carbons (Fsp3) is 0.133. The van der Waals surface area contributed by atoms with E-state index in [2.05, 4.69) is 56.7 Å². The minimum absolute atomic E-state index is 0.384. The van der Waals surface area contributed by atoms with Gasteiger partial charge in [0.05, 0.1) is 22.6 Å². The van der Waals surface area contributed by atoms with Gasteiger partial charge in [-0.15, -0.1) is 11.6 Å². The largest absolute Gasteiger partial charge is 0.294 e. The third-order valence-corrected chi connectivity index (χ3v) is 3.97. The van der Waals surface area contributed by atoms with Gasteiger partial charge in [0.1, 0.15) is 5.82 Å². The van der Waals surface area contributed by atoms with Crippen molar-refractivity contribution in [2.45, 2.75) is 12.8 Å². The summed E-state index contributed by atoms with van der Waals surface area (Å²) in [6.07, 6.45) is 0. The fourth-order valence-corrected chi connectivity index (χ4v) is 3.08. The lowest BCUT2D eigenvalue weighted by Gasteiger charge is -2.10.